The Morgan fingerprint density at radius 2 is 1.65 bits per heavy atom. The minimum atomic E-state index is -2.42. The number of rotatable bonds is 3. The first-order chi connectivity index (χ1) is 11.0. The third-order valence-corrected chi connectivity index (χ3v) is 4.10. The average molecular weight is 310 g/mol. The molecule has 1 unspecified atom stereocenters. The Bertz CT molecular complexity index is 803. The van der Waals surface area contributed by atoms with E-state index in [9.17, 15) is 19.7 Å². The monoisotopic (exact) mass is 310 g/mol. The number of para-hydroxylation sites is 1. The van der Waals surface area contributed by atoms with Gasteiger partial charge in [-0.2, -0.15) is 0 Å². The molecular formula is C17H14N2O4. The minimum Gasteiger partial charge on any atom is -0.305 e. The fourth-order valence-corrected chi connectivity index (χ4v) is 3.01. The van der Waals surface area contributed by atoms with E-state index in [-0.39, 0.29) is 17.7 Å². The van der Waals surface area contributed by atoms with Crippen LogP contribution in [0.15, 0.2) is 54.6 Å². The first-order valence-electron chi connectivity index (χ1n) is 7.21. The fourth-order valence-electron chi connectivity index (χ4n) is 3.01. The van der Waals surface area contributed by atoms with Gasteiger partial charge < -0.3 is 4.90 Å². The highest BCUT2D eigenvalue weighted by Gasteiger charge is 2.64. The number of amides is 1. The van der Waals surface area contributed by atoms with Crippen molar-refractivity contribution in [2.75, 3.05) is 11.4 Å². The first-order valence-corrected chi connectivity index (χ1v) is 7.21. The maximum atomic E-state index is 13.0. The second kappa shape index (κ2) is 5.31. The molecule has 1 atom stereocenters. The van der Waals surface area contributed by atoms with E-state index in [1.807, 2.05) is 0 Å². The van der Waals surface area contributed by atoms with Crippen LogP contribution in [0.25, 0.3) is 0 Å². The zero-order chi connectivity index (χ0) is 16.6. The summed E-state index contributed by atoms with van der Waals surface area (Å²) < 4.78 is 0. The third kappa shape index (κ3) is 1.88. The molecule has 23 heavy (non-hydrogen) atoms. The van der Waals surface area contributed by atoms with E-state index in [1.165, 1.54) is 23.1 Å². The van der Waals surface area contributed by atoms with E-state index in [1.54, 1.807) is 43.3 Å². The predicted octanol–water partition coefficient (Wildman–Crippen LogP) is 2.41. The van der Waals surface area contributed by atoms with Crippen molar-refractivity contribution in [1.29, 1.82) is 0 Å². The molecule has 0 radical (unpaired) electrons. The Balaban J connectivity index is 2.36. The van der Waals surface area contributed by atoms with Gasteiger partial charge in [0.25, 0.3) is 5.78 Å². The third-order valence-electron chi connectivity index (χ3n) is 4.10. The maximum absolute atomic E-state index is 13.0. The highest BCUT2D eigenvalue weighted by Crippen LogP contribution is 2.40. The van der Waals surface area contributed by atoms with Crippen LogP contribution in [0.3, 0.4) is 0 Å². The summed E-state index contributed by atoms with van der Waals surface area (Å²) in [5, 5.41) is 11.9. The molecule has 0 N–H and O–H groups in total. The molecule has 0 saturated carbocycles. The molecule has 116 valence electrons. The van der Waals surface area contributed by atoms with Gasteiger partial charge in [0.05, 0.1) is 11.3 Å². The Morgan fingerprint density at radius 3 is 2.26 bits per heavy atom. The highest BCUT2D eigenvalue weighted by molar-refractivity contribution is 6.27. The molecule has 0 fully saturated rings. The second-order valence-corrected chi connectivity index (χ2v) is 5.23. The van der Waals surface area contributed by atoms with E-state index in [4.69, 9.17) is 0 Å². The first kappa shape index (κ1) is 14.9. The summed E-state index contributed by atoms with van der Waals surface area (Å²) in [6.07, 6.45) is 0. The van der Waals surface area contributed by atoms with Crippen LogP contribution in [0.4, 0.5) is 5.69 Å². The summed E-state index contributed by atoms with van der Waals surface area (Å²) in [5.74, 6) is -1.61. The number of fused-ring (bicyclic) bond motifs is 1. The minimum absolute atomic E-state index is 0.0768. The van der Waals surface area contributed by atoms with Crippen molar-refractivity contribution in [2.24, 2.45) is 0 Å². The van der Waals surface area contributed by atoms with Gasteiger partial charge in [0.2, 0.25) is 0 Å². The summed E-state index contributed by atoms with van der Waals surface area (Å²) in [7, 11) is 0. The molecule has 1 aliphatic heterocycles. The lowest BCUT2D eigenvalue weighted by Gasteiger charge is -2.35. The molecule has 1 amide bonds. The molecule has 0 bridgehead atoms. The van der Waals surface area contributed by atoms with Crippen LogP contribution in [0.1, 0.15) is 22.8 Å². The van der Waals surface area contributed by atoms with Crippen molar-refractivity contribution in [3.8, 4) is 0 Å². The number of benzene rings is 2. The van der Waals surface area contributed by atoms with Gasteiger partial charge in [-0.15, -0.1) is 0 Å². The largest absolute Gasteiger partial charge is 0.385 e. The van der Waals surface area contributed by atoms with Crippen LogP contribution in [-0.4, -0.2) is 23.2 Å². The van der Waals surface area contributed by atoms with Crippen molar-refractivity contribution in [2.45, 2.75) is 12.5 Å². The standard InChI is InChI=1S/C17H14N2O4/c1-2-18-14-11-7-6-10-13(14)15(20)17(16(18)21,19(22)23)12-8-4-3-5-9-12/h3-11H,2H2,1H3. The van der Waals surface area contributed by atoms with Crippen LogP contribution < -0.4 is 4.90 Å². The molecule has 6 heteroatoms. The molecule has 1 heterocycles. The Hall–Kier alpha value is -3.02. The quantitative estimate of drug-likeness (QED) is 0.495. The summed E-state index contributed by atoms with van der Waals surface area (Å²) in [6.45, 7) is 1.96. The molecule has 2 aromatic carbocycles. The Kier molecular flexibility index (Phi) is 3.44. The van der Waals surface area contributed by atoms with E-state index in [0.717, 1.165) is 0 Å². The van der Waals surface area contributed by atoms with Crippen LogP contribution in [0.5, 0.6) is 0 Å². The molecule has 0 saturated heterocycles. The predicted molar refractivity (Wildman–Crippen MR) is 83.9 cm³/mol. The van der Waals surface area contributed by atoms with Crippen molar-refractivity contribution in [1.82, 2.24) is 0 Å². The average Bonchev–Trinajstić information content (AvgIpc) is 2.56. The van der Waals surface area contributed by atoms with E-state index in [0.29, 0.717) is 5.69 Å². The lowest BCUT2D eigenvalue weighted by molar-refractivity contribution is -0.541. The van der Waals surface area contributed by atoms with Crippen molar-refractivity contribution in [3.63, 3.8) is 0 Å². The number of carbonyl (C=O) groups is 2. The number of nitro groups is 1. The van der Waals surface area contributed by atoms with Crippen molar-refractivity contribution >= 4 is 17.4 Å². The molecule has 1 aliphatic rings. The van der Waals surface area contributed by atoms with E-state index in [2.05, 4.69) is 0 Å². The van der Waals surface area contributed by atoms with Gasteiger partial charge in [-0.25, -0.2) is 0 Å². The Labute approximate surface area is 132 Å². The number of anilines is 1. The number of likely N-dealkylation sites (N-methyl/N-ethyl adjacent to an activating group) is 1. The molecule has 0 aliphatic carbocycles. The van der Waals surface area contributed by atoms with E-state index < -0.39 is 22.2 Å². The molecule has 0 aromatic heterocycles. The topological polar surface area (TPSA) is 80.5 Å². The lowest BCUT2D eigenvalue weighted by atomic mass is 9.78. The SMILES string of the molecule is CCN1C(=O)C(c2ccccc2)([N+](=O)[O-])C(=O)c2ccccc21. The molecule has 3 rings (SSSR count). The van der Waals surface area contributed by atoms with Crippen LogP contribution >= 0.6 is 0 Å². The number of hydrogen-bond donors (Lipinski definition) is 0. The smallest absolute Gasteiger partial charge is 0.305 e. The number of ketones is 1. The summed E-state index contributed by atoms with van der Waals surface area (Å²) in [6, 6.07) is 14.2. The maximum Gasteiger partial charge on any atom is 0.385 e. The van der Waals surface area contributed by atoms with Gasteiger partial charge in [0.15, 0.2) is 0 Å². The zero-order valence-corrected chi connectivity index (χ0v) is 12.4. The van der Waals surface area contributed by atoms with Gasteiger partial charge in [-0.1, -0.05) is 42.5 Å². The van der Waals surface area contributed by atoms with Crippen molar-refractivity contribution in [3.05, 3.63) is 75.8 Å². The zero-order valence-electron chi connectivity index (χ0n) is 12.4. The molecule has 0 spiro atoms. The van der Waals surface area contributed by atoms with Crippen LogP contribution in [-0.2, 0) is 10.3 Å². The molecule has 2 aromatic rings. The number of nitrogens with zero attached hydrogens (tertiary/aromatic N) is 2. The van der Waals surface area contributed by atoms with Gasteiger partial charge >= 0.3 is 11.4 Å². The normalized spacial score (nSPS) is 20.3. The number of hydrogen-bond acceptors (Lipinski definition) is 4. The fraction of sp³-hybridized carbons (Fsp3) is 0.176. The lowest BCUT2D eigenvalue weighted by Crippen LogP contribution is -2.60. The second-order valence-electron chi connectivity index (χ2n) is 5.23. The summed E-state index contributed by atoms with van der Waals surface area (Å²) in [5.41, 5.74) is -1.74. The van der Waals surface area contributed by atoms with Gasteiger partial charge in [-0.3, -0.25) is 19.7 Å². The van der Waals surface area contributed by atoms with Crippen LogP contribution in [0, 0.1) is 10.1 Å². The van der Waals surface area contributed by atoms with Gasteiger partial charge in [-0.05, 0) is 19.1 Å². The van der Waals surface area contributed by atoms with E-state index >= 15 is 0 Å². The van der Waals surface area contributed by atoms with Crippen molar-refractivity contribution < 1.29 is 14.5 Å². The molecular weight excluding hydrogens is 296 g/mol. The molecule has 6 nitrogen and oxygen atoms in total. The summed E-state index contributed by atoms with van der Waals surface area (Å²) in [4.78, 5) is 38.4. The van der Waals surface area contributed by atoms with Gasteiger partial charge in [0, 0.05) is 17.0 Å². The van der Waals surface area contributed by atoms with Gasteiger partial charge in [0.1, 0.15) is 0 Å². The Morgan fingerprint density at radius 1 is 1.04 bits per heavy atom. The highest BCUT2D eigenvalue weighted by atomic mass is 16.6. The number of carbonyl (C=O) groups excluding carboxylic acids is 2. The summed E-state index contributed by atoms with van der Waals surface area (Å²) >= 11 is 0. The van der Waals surface area contributed by atoms with Crippen LogP contribution in [0.2, 0.25) is 0 Å². The number of Topliss-reactive ketones (excluding diaryl/α,β-unsaturated/α-hetero) is 1.